The van der Waals surface area contributed by atoms with Crippen LogP contribution in [0.3, 0.4) is 0 Å². The Morgan fingerprint density at radius 2 is 1.93 bits per heavy atom. The van der Waals surface area contributed by atoms with Crippen molar-refractivity contribution >= 4 is 29.9 Å². The van der Waals surface area contributed by atoms with Gasteiger partial charge < -0.3 is 29.7 Å². The first-order chi connectivity index (χ1) is 13.5. The number of hydrogen-bond acceptors (Lipinski definition) is 5. The number of aliphatic imine (C=N–C) groups is 1. The van der Waals surface area contributed by atoms with E-state index in [2.05, 4.69) is 39.4 Å². The Balaban J connectivity index is 0.00000300. The molecule has 1 aliphatic heterocycles. The van der Waals surface area contributed by atoms with Gasteiger partial charge in [-0.3, -0.25) is 0 Å². The minimum absolute atomic E-state index is 0. The molecule has 1 heterocycles. The maximum atomic E-state index is 12.8. The van der Waals surface area contributed by atoms with Crippen molar-refractivity contribution in [1.29, 1.82) is 0 Å². The molecular weight excluding hydrogens is 497 g/mol. The van der Waals surface area contributed by atoms with Crippen molar-refractivity contribution in [2.24, 2.45) is 10.9 Å². The zero-order valence-electron chi connectivity index (χ0n) is 16.9. The molecule has 2 aliphatic rings. The van der Waals surface area contributed by atoms with Crippen molar-refractivity contribution in [3.8, 4) is 17.2 Å². The predicted molar refractivity (Wildman–Crippen MR) is 118 cm³/mol. The molecule has 0 amide bonds. The van der Waals surface area contributed by atoms with Crippen molar-refractivity contribution < 1.29 is 23.0 Å². The van der Waals surface area contributed by atoms with E-state index in [4.69, 9.17) is 9.47 Å². The molecule has 2 N–H and O–H groups in total. The van der Waals surface area contributed by atoms with Crippen LogP contribution < -0.4 is 24.8 Å². The topological polar surface area (TPSA) is 67.4 Å². The molecule has 1 saturated carbocycles. The van der Waals surface area contributed by atoms with Crippen LogP contribution in [0.25, 0.3) is 0 Å². The van der Waals surface area contributed by atoms with Crippen molar-refractivity contribution in [3.63, 3.8) is 0 Å². The Morgan fingerprint density at radius 1 is 1.24 bits per heavy atom. The summed E-state index contributed by atoms with van der Waals surface area (Å²) in [4.78, 5) is 6.77. The number of rotatable bonds is 9. The number of hydrogen-bond donors (Lipinski definition) is 2. The van der Waals surface area contributed by atoms with Gasteiger partial charge in [-0.15, -0.1) is 24.0 Å². The summed E-state index contributed by atoms with van der Waals surface area (Å²) in [5.41, 5.74) is 0.508. The highest BCUT2D eigenvalue weighted by Gasteiger charge is 2.32. The van der Waals surface area contributed by atoms with Crippen LogP contribution in [-0.4, -0.2) is 57.5 Å². The van der Waals surface area contributed by atoms with Gasteiger partial charge in [0, 0.05) is 30.8 Å². The average Bonchev–Trinajstić information content (AvgIpc) is 3.36. The summed E-state index contributed by atoms with van der Waals surface area (Å²) in [6.07, 6.45) is 2.51. The minimum atomic E-state index is -2.92. The lowest BCUT2D eigenvalue weighted by molar-refractivity contribution is -0.0505. The summed E-state index contributed by atoms with van der Waals surface area (Å²) in [5.74, 6) is 2.29. The number of fused-ring (bicyclic) bond motifs is 1. The van der Waals surface area contributed by atoms with E-state index < -0.39 is 6.61 Å². The molecule has 7 nitrogen and oxygen atoms in total. The fraction of sp³-hybridized carbons (Fsp3) is 0.632. The maximum absolute atomic E-state index is 12.8. The monoisotopic (exact) mass is 526 g/mol. The van der Waals surface area contributed by atoms with Crippen LogP contribution in [0.4, 0.5) is 8.78 Å². The third kappa shape index (κ3) is 6.73. The highest BCUT2D eigenvalue weighted by atomic mass is 127. The van der Waals surface area contributed by atoms with E-state index in [0.717, 1.165) is 6.54 Å². The standard InChI is InChI=1S/C19H28F2N4O3.HI/c1-4-22-19(24-10-14(25(2)3)12-5-6-12)23-9-13-7-16-17(27-11-26-16)8-15(13)28-18(20)21;/h7-8,12,14,18H,4-6,9-11H2,1-3H3,(H2,22,23,24);1H. The summed E-state index contributed by atoms with van der Waals surface area (Å²) in [5, 5.41) is 6.55. The summed E-state index contributed by atoms with van der Waals surface area (Å²) in [7, 11) is 4.16. The van der Waals surface area contributed by atoms with Gasteiger partial charge in [-0.2, -0.15) is 8.78 Å². The number of ether oxygens (including phenoxy) is 3. The molecule has 0 spiro atoms. The lowest BCUT2D eigenvalue weighted by Gasteiger charge is -2.25. The molecule has 1 aliphatic carbocycles. The number of benzene rings is 1. The summed E-state index contributed by atoms with van der Waals surface area (Å²) >= 11 is 0. The van der Waals surface area contributed by atoms with Crippen LogP contribution in [0.1, 0.15) is 25.3 Å². The van der Waals surface area contributed by atoms with Crippen molar-refractivity contribution in [3.05, 3.63) is 17.7 Å². The van der Waals surface area contributed by atoms with Gasteiger partial charge in [0.1, 0.15) is 5.75 Å². The summed E-state index contributed by atoms with van der Waals surface area (Å²) in [6, 6.07) is 3.50. The van der Waals surface area contributed by atoms with Gasteiger partial charge in [0.2, 0.25) is 6.79 Å². The van der Waals surface area contributed by atoms with E-state index in [1.54, 1.807) is 6.07 Å². The lowest BCUT2D eigenvalue weighted by atomic mass is 10.1. The number of likely N-dealkylation sites (N-methyl/N-ethyl adjacent to an activating group) is 1. The van der Waals surface area contributed by atoms with Crippen molar-refractivity contribution in [1.82, 2.24) is 15.5 Å². The van der Waals surface area contributed by atoms with Gasteiger partial charge in [0.25, 0.3) is 0 Å². The molecule has 1 fully saturated rings. The fourth-order valence-corrected chi connectivity index (χ4v) is 3.25. The molecule has 3 rings (SSSR count). The molecule has 1 atom stereocenters. The Morgan fingerprint density at radius 3 is 2.52 bits per heavy atom. The number of alkyl halides is 2. The van der Waals surface area contributed by atoms with Crippen LogP contribution in [0.2, 0.25) is 0 Å². The van der Waals surface area contributed by atoms with Gasteiger partial charge >= 0.3 is 6.61 Å². The van der Waals surface area contributed by atoms with E-state index >= 15 is 0 Å². The van der Waals surface area contributed by atoms with E-state index in [1.165, 1.54) is 18.9 Å². The molecule has 1 unspecified atom stereocenters. The molecule has 1 aromatic rings. The second-order valence-electron chi connectivity index (χ2n) is 7.14. The molecule has 10 heteroatoms. The molecule has 0 aromatic heterocycles. The van der Waals surface area contributed by atoms with Crippen LogP contribution in [0.15, 0.2) is 17.1 Å². The summed E-state index contributed by atoms with van der Waals surface area (Å²) < 4.78 is 40.8. The van der Waals surface area contributed by atoms with Crippen LogP contribution in [-0.2, 0) is 6.54 Å². The van der Waals surface area contributed by atoms with Crippen molar-refractivity contribution in [2.75, 3.05) is 34.0 Å². The van der Waals surface area contributed by atoms with E-state index in [1.807, 2.05) is 6.92 Å². The fourth-order valence-electron chi connectivity index (χ4n) is 3.25. The van der Waals surface area contributed by atoms with E-state index in [0.29, 0.717) is 41.5 Å². The third-order valence-corrected chi connectivity index (χ3v) is 4.83. The number of nitrogens with zero attached hydrogens (tertiary/aromatic N) is 2. The van der Waals surface area contributed by atoms with Crippen LogP contribution in [0, 0.1) is 5.92 Å². The first-order valence-corrected chi connectivity index (χ1v) is 9.53. The molecule has 29 heavy (non-hydrogen) atoms. The number of nitrogens with one attached hydrogen (secondary N) is 2. The van der Waals surface area contributed by atoms with E-state index in [9.17, 15) is 8.78 Å². The first kappa shape index (κ1) is 23.7. The summed E-state index contributed by atoms with van der Waals surface area (Å²) in [6.45, 7) is 0.758. The second-order valence-corrected chi connectivity index (χ2v) is 7.14. The maximum Gasteiger partial charge on any atom is 0.387 e. The highest BCUT2D eigenvalue weighted by molar-refractivity contribution is 14.0. The van der Waals surface area contributed by atoms with Gasteiger partial charge in [0.05, 0.1) is 6.54 Å². The Bertz CT molecular complexity index is 700. The second kappa shape index (κ2) is 11.0. The van der Waals surface area contributed by atoms with Gasteiger partial charge in [-0.05, 0) is 45.8 Å². The Labute approximate surface area is 187 Å². The highest BCUT2D eigenvalue weighted by Crippen LogP contribution is 2.39. The van der Waals surface area contributed by atoms with Crippen LogP contribution >= 0.6 is 24.0 Å². The number of guanidine groups is 1. The zero-order valence-corrected chi connectivity index (χ0v) is 19.2. The normalized spacial score (nSPS) is 16.6. The smallest absolute Gasteiger partial charge is 0.387 e. The zero-order chi connectivity index (χ0) is 20.1. The van der Waals surface area contributed by atoms with Crippen LogP contribution in [0.5, 0.6) is 17.2 Å². The van der Waals surface area contributed by atoms with Gasteiger partial charge in [-0.25, -0.2) is 4.99 Å². The quantitative estimate of drug-likeness (QED) is 0.293. The molecule has 0 saturated heterocycles. The molecule has 0 bridgehead atoms. The largest absolute Gasteiger partial charge is 0.454 e. The Hall–Kier alpha value is -1.56. The Kier molecular flexibility index (Phi) is 9.00. The minimum Gasteiger partial charge on any atom is -0.454 e. The molecule has 1 aromatic carbocycles. The van der Waals surface area contributed by atoms with Gasteiger partial charge in [-0.1, -0.05) is 0 Å². The SMILES string of the molecule is CCNC(=NCc1cc2c(cc1OC(F)F)OCO2)NCC(C1CC1)N(C)C.I. The first-order valence-electron chi connectivity index (χ1n) is 9.53. The molecule has 164 valence electrons. The third-order valence-electron chi connectivity index (χ3n) is 4.83. The molecule has 0 radical (unpaired) electrons. The van der Waals surface area contributed by atoms with Crippen molar-refractivity contribution in [2.45, 2.75) is 39.0 Å². The predicted octanol–water partition coefficient (Wildman–Crippen LogP) is 3.03. The lowest BCUT2D eigenvalue weighted by Crippen LogP contribution is -2.46. The average molecular weight is 526 g/mol. The van der Waals surface area contributed by atoms with Gasteiger partial charge in [0.15, 0.2) is 17.5 Å². The van der Waals surface area contributed by atoms with E-state index in [-0.39, 0.29) is 43.1 Å². The number of halogens is 3. The molecular formula is C19H29F2IN4O3.